The molecule has 0 aliphatic rings. The topological polar surface area (TPSA) is 76.1 Å². The van der Waals surface area contributed by atoms with Crippen molar-refractivity contribution in [3.8, 4) is 11.5 Å². The lowest BCUT2D eigenvalue weighted by Gasteiger charge is -2.30. The van der Waals surface area contributed by atoms with Gasteiger partial charge >= 0.3 is 5.97 Å². The van der Waals surface area contributed by atoms with Crippen LogP contribution in [0.5, 0.6) is 11.5 Å². The second kappa shape index (κ2) is 10.7. The van der Waals surface area contributed by atoms with Gasteiger partial charge in [0.25, 0.3) is 5.91 Å². The molecule has 0 saturated heterocycles. The minimum absolute atomic E-state index is 0.0832. The SMILES string of the molecule is COc1ccccc1CN(C(=O)COc1ccc(Cl)cc1C(=O)O)[C@@H](C)c1ccccc1. The van der Waals surface area contributed by atoms with E-state index >= 15 is 0 Å². The zero-order valence-electron chi connectivity index (χ0n) is 17.8. The van der Waals surface area contributed by atoms with E-state index in [0.29, 0.717) is 12.3 Å². The van der Waals surface area contributed by atoms with E-state index in [2.05, 4.69) is 0 Å². The van der Waals surface area contributed by atoms with Gasteiger partial charge < -0.3 is 19.5 Å². The number of hydrogen-bond donors (Lipinski definition) is 1. The fourth-order valence-electron chi connectivity index (χ4n) is 3.39. The van der Waals surface area contributed by atoms with Crippen LogP contribution in [0.2, 0.25) is 5.02 Å². The molecule has 7 heteroatoms. The highest BCUT2D eigenvalue weighted by molar-refractivity contribution is 6.31. The van der Waals surface area contributed by atoms with E-state index in [1.807, 2.05) is 61.5 Å². The molecule has 0 aliphatic carbocycles. The van der Waals surface area contributed by atoms with Crippen molar-refractivity contribution in [3.63, 3.8) is 0 Å². The lowest BCUT2D eigenvalue weighted by atomic mass is 10.1. The minimum Gasteiger partial charge on any atom is -0.496 e. The van der Waals surface area contributed by atoms with Crippen molar-refractivity contribution in [1.29, 1.82) is 0 Å². The van der Waals surface area contributed by atoms with E-state index in [-0.39, 0.29) is 34.9 Å². The highest BCUT2D eigenvalue weighted by Crippen LogP contribution is 2.27. The van der Waals surface area contributed by atoms with E-state index in [4.69, 9.17) is 21.1 Å². The summed E-state index contributed by atoms with van der Waals surface area (Å²) in [5.74, 6) is -0.714. The Kier molecular flexibility index (Phi) is 7.73. The van der Waals surface area contributed by atoms with Crippen LogP contribution in [0.15, 0.2) is 72.8 Å². The number of benzene rings is 3. The van der Waals surface area contributed by atoms with E-state index < -0.39 is 5.97 Å². The van der Waals surface area contributed by atoms with Crippen molar-refractivity contribution in [2.24, 2.45) is 0 Å². The molecule has 6 nitrogen and oxygen atoms in total. The van der Waals surface area contributed by atoms with Crippen molar-refractivity contribution in [2.45, 2.75) is 19.5 Å². The van der Waals surface area contributed by atoms with Crippen LogP contribution in [0.25, 0.3) is 0 Å². The molecule has 0 aliphatic heterocycles. The summed E-state index contributed by atoms with van der Waals surface area (Å²) in [6.45, 7) is 1.91. The maximum Gasteiger partial charge on any atom is 0.339 e. The van der Waals surface area contributed by atoms with Gasteiger partial charge in [0.2, 0.25) is 0 Å². The van der Waals surface area contributed by atoms with Gasteiger partial charge in [0.15, 0.2) is 6.61 Å². The lowest BCUT2D eigenvalue weighted by molar-refractivity contribution is -0.136. The predicted molar refractivity (Wildman–Crippen MR) is 122 cm³/mol. The molecule has 1 amide bonds. The van der Waals surface area contributed by atoms with Crippen LogP contribution in [0.1, 0.15) is 34.5 Å². The first kappa shape index (κ1) is 23.2. The number of carboxylic acid groups (broad SMARTS) is 1. The maximum absolute atomic E-state index is 13.3. The molecule has 0 saturated carbocycles. The number of hydrogen-bond acceptors (Lipinski definition) is 4. The lowest BCUT2D eigenvalue weighted by Crippen LogP contribution is -2.36. The molecule has 3 aromatic carbocycles. The largest absolute Gasteiger partial charge is 0.496 e. The number of carboxylic acids is 1. The van der Waals surface area contributed by atoms with Crippen molar-refractivity contribution in [2.75, 3.05) is 13.7 Å². The second-order valence-corrected chi connectivity index (χ2v) is 7.59. The number of aromatic carboxylic acids is 1. The summed E-state index contributed by atoms with van der Waals surface area (Å²) in [5, 5.41) is 9.68. The number of halogens is 1. The average Bonchev–Trinajstić information content (AvgIpc) is 2.81. The standard InChI is InChI=1S/C25H24ClNO5/c1-17(18-8-4-3-5-9-18)27(15-19-10-6-7-11-22(19)31-2)24(28)16-32-23-13-12-20(26)14-21(23)25(29)30/h3-14,17H,15-16H2,1-2H3,(H,29,30)/t17-/m0/s1. The van der Waals surface area contributed by atoms with Crippen LogP contribution >= 0.6 is 11.6 Å². The molecule has 1 N–H and O–H groups in total. The van der Waals surface area contributed by atoms with Gasteiger partial charge in [-0.05, 0) is 36.8 Å². The molecular weight excluding hydrogens is 430 g/mol. The fraction of sp³-hybridized carbons (Fsp3) is 0.200. The number of amides is 1. The number of nitrogens with zero attached hydrogens (tertiary/aromatic N) is 1. The average molecular weight is 454 g/mol. The molecule has 3 rings (SSSR count). The van der Waals surface area contributed by atoms with Gasteiger partial charge in [0.05, 0.1) is 19.7 Å². The van der Waals surface area contributed by atoms with Crippen LogP contribution in [0.4, 0.5) is 0 Å². The number of carbonyl (C=O) groups is 2. The van der Waals surface area contributed by atoms with Crippen LogP contribution in [-0.2, 0) is 11.3 Å². The summed E-state index contributed by atoms with van der Waals surface area (Å²) in [7, 11) is 1.59. The van der Waals surface area contributed by atoms with Crippen LogP contribution in [0, 0.1) is 0 Å². The van der Waals surface area contributed by atoms with Gasteiger partial charge in [-0.1, -0.05) is 60.1 Å². The van der Waals surface area contributed by atoms with Crippen molar-refractivity contribution < 1.29 is 24.2 Å². The Morgan fingerprint density at radius 2 is 1.69 bits per heavy atom. The van der Waals surface area contributed by atoms with E-state index in [9.17, 15) is 14.7 Å². The number of rotatable bonds is 9. The first-order valence-electron chi connectivity index (χ1n) is 10.0. The van der Waals surface area contributed by atoms with Crippen LogP contribution in [0.3, 0.4) is 0 Å². The predicted octanol–water partition coefficient (Wildman–Crippen LogP) is 5.22. The Bertz CT molecular complexity index is 1090. The van der Waals surface area contributed by atoms with Gasteiger partial charge in [-0.15, -0.1) is 0 Å². The second-order valence-electron chi connectivity index (χ2n) is 7.15. The first-order chi connectivity index (χ1) is 15.4. The van der Waals surface area contributed by atoms with E-state index in [1.54, 1.807) is 12.0 Å². The summed E-state index contributed by atoms with van der Waals surface area (Å²) in [6, 6.07) is 21.2. The molecule has 0 aromatic heterocycles. The monoisotopic (exact) mass is 453 g/mol. The Balaban J connectivity index is 1.86. The third kappa shape index (κ3) is 5.59. The van der Waals surface area contributed by atoms with Gasteiger partial charge in [-0.25, -0.2) is 4.79 Å². The van der Waals surface area contributed by atoms with Crippen molar-refractivity contribution >= 4 is 23.5 Å². The highest BCUT2D eigenvalue weighted by Gasteiger charge is 2.24. The Morgan fingerprint density at radius 3 is 2.38 bits per heavy atom. The molecule has 0 spiro atoms. The smallest absolute Gasteiger partial charge is 0.339 e. The zero-order valence-corrected chi connectivity index (χ0v) is 18.6. The molecule has 3 aromatic rings. The van der Waals surface area contributed by atoms with Gasteiger partial charge in [-0.3, -0.25) is 4.79 Å². The Labute approximate surface area is 192 Å². The van der Waals surface area contributed by atoms with Gasteiger partial charge in [0.1, 0.15) is 17.1 Å². The molecule has 32 heavy (non-hydrogen) atoms. The third-order valence-corrected chi connectivity index (χ3v) is 5.36. The number of methoxy groups -OCH3 is 1. The molecule has 0 bridgehead atoms. The quantitative estimate of drug-likeness (QED) is 0.481. The summed E-state index contributed by atoms with van der Waals surface area (Å²) in [5.41, 5.74) is 1.72. The van der Waals surface area contributed by atoms with Crippen molar-refractivity contribution in [3.05, 3.63) is 94.5 Å². The van der Waals surface area contributed by atoms with Gasteiger partial charge in [-0.2, -0.15) is 0 Å². The summed E-state index contributed by atoms with van der Waals surface area (Å²) >= 11 is 5.90. The first-order valence-corrected chi connectivity index (χ1v) is 10.4. The highest BCUT2D eigenvalue weighted by atomic mass is 35.5. The van der Waals surface area contributed by atoms with Crippen molar-refractivity contribution in [1.82, 2.24) is 4.90 Å². The summed E-state index contributed by atoms with van der Waals surface area (Å²) in [6.07, 6.45) is 0. The van der Waals surface area contributed by atoms with Crippen LogP contribution in [-0.4, -0.2) is 35.6 Å². The zero-order chi connectivity index (χ0) is 23.1. The molecule has 0 heterocycles. The number of ether oxygens (including phenoxy) is 2. The van der Waals surface area contributed by atoms with Crippen LogP contribution < -0.4 is 9.47 Å². The molecule has 0 fully saturated rings. The molecule has 166 valence electrons. The number of carbonyl (C=O) groups excluding carboxylic acids is 1. The molecule has 1 atom stereocenters. The van der Waals surface area contributed by atoms with E-state index in [0.717, 1.165) is 11.1 Å². The minimum atomic E-state index is -1.18. The summed E-state index contributed by atoms with van der Waals surface area (Å²) in [4.78, 5) is 26.5. The number of para-hydroxylation sites is 1. The third-order valence-electron chi connectivity index (χ3n) is 5.13. The molecule has 0 radical (unpaired) electrons. The molecular formula is C25H24ClNO5. The Morgan fingerprint density at radius 1 is 1.00 bits per heavy atom. The fourth-order valence-corrected chi connectivity index (χ4v) is 3.56. The maximum atomic E-state index is 13.3. The van der Waals surface area contributed by atoms with E-state index in [1.165, 1.54) is 18.2 Å². The normalized spacial score (nSPS) is 11.5. The van der Waals surface area contributed by atoms with Gasteiger partial charge in [0, 0.05) is 10.6 Å². The summed E-state index contributed by atoms with van der Waals surface area (Å²) < 4.78 is 11.1. The molecule has 0 unspecified atom stereocenters. The Hall–Kier alpha value is -3.51.